The molecule has 1 aromatic rings. The van der Waals surface area contributed by atoms with Crippen molar-refractivity contribution in [2.75, 3.05) is 5.75 Å². The van der Waals surface area contributed by atoms with Crippen LogP contribution in [-0.2, 0) is 27.5 Å². The summed E-state index contributed by atoms with van der Waals surface area (Å²) in [6, 6.07) is 3.34. The number of hydrogen-bond acceptors (Lipinski definition) is 4. The Kier molecular flexibility index (Phi) is 6.52. The molecule has 0 saturated carbocycles. The van der Waals surface area contributed by atoms with Crippen LogP contribution < -0.4 is 0 Å². The number of hydrogen-bond donors (Lipinski definition) is 1. The van der Waals surface area contributed by atoms with Crippen molar-refractivity contribution in [2.45, 2.75) is 31.8 Å². The van der Waals surface area contributed by atoms with Gasteiger partial charge in [0.1, 0.15) is 21.4 Å². The summed E-state index contributed by atoms with van der Waals surface area (Å²) in [6.45, 7) is 1.80. The van der Waals surface area contributed by atoms with Crippen LogP contribution in [-0.4, -0.2) is 52.7 Å². The molecule has 11 heteroatoms. The average Bonchev–Trinajstić information content (AvgIpc) is 2.42. The minimum absolute atomic E-state index is 0.00943. The van der Waals surface area contributed by atoms with E-state index in [1.165, 1.54) is 0 Å². The van der Waals surface area contributed by atoms with Crippen molar-refractivity contribution in [1.82, 2.24) is 0 Å². The molecule has 5 nitrogen and oxygen atoms in total. The molecular weight excluding hydrogens is 347 g/mol. The lowest BCUT2D eigenvalue weighted by atomic mass is 9.84. The summed E-state index contributed by atoms with van der Waals surface area (Å²) in [5, 5.41) is 0. The van der Waals surface area contributed by atoms with Gasteiger partial charge in [-0.05, 0) is 18.1 Å². The number of carbonyl (C=O) groups is 1. The highest BCUT2D eigenvalue weighted by Crippen LogP contribution is 2.27. The van der Waals surface area contributed by atoms with E-state index in [9.17, 15) is 26.4 Å². The Labute approximate surface area is 140 Å². The van der Waals surface area contributed by atoms with Gasteiger partial charge in [-0.25, -0.2) is 4.79 Å². The standard InChI is InChI=1S/C13H17B2F3O5S/c1-7-2-8(4-14)11(9(3-7)5-15)12(19)23-10(13(16,17)18)6-24(20,21)22/h2-3,10H,4-6,14-15H2,1H3,(H,20,21,22). The van der Waals surface area contributed by atoms with E-state index in [1.54, 1.807) is 34.7 Å². The van der Waals surface area contributed by atoms with Gasteiger partial charge in [0.2, 0.25) is 6.10 Å². The molecule has 0 amide bonds. The first kappa shape index (κ1) is 20.6. The summed E-state index contributed by atoms with van der Waals surface area (Å²) in [5.41, 5.74) is 1.90. The summed E-state index contributed by atoms with van der Waals surface area (Å²) in [4.78, 5) is 12.3. The molecule has 0 saturated heterocycles. The lowest BCUT2D eigenvalue weighted by Crippen LogP contribution is -2.39. The lowest BCUT2D eigenvalue weighted by Gasteiger charge is -2.21. The Morgan fingerprint density at radius 1 is 1.25 bits per heavy atom. The molecule has 1 rings (SSSR count). The Bertz CT molecular complexity index is 694. The van der Waals surface area contributed by atoms with Gasteiger partial charge in [0.05, 0.1) is 5.56 Å². The van der Waals surface area contributed by atoms with Gasteiger partial charge in [-0.15, -0.1) is 0 Å². The molecule has 0 aliphatic rings. The maximum Gasteiger partial charge on any atom is 0.426 e. The van der Waals surface area contributed by atoms with Gasteiger partial charge >= 0.3 is 12.1 Å². The van der Waals surface area contributed by atoms with E-state index in [4.69, 9.17) is 4.55 Å². The number of ether oxygens (including phenoxy) is 1. The van der Waals surface area contributed by atoms with Crippen molar-refractivity contribution in [2.24, 2.45) is 0 Å². The van der Waals surface area contributed by atoms with Crippen molar-refractivity contribution in [3.63, 3.8) is 0 Å². The molecule has 0 radical (unpaired) electrons. The summed E-state index contributed by atoms with van der Waals surface area (Å²) >= 11 is 0. The first-order chi connectivity index (χ1) is 10.9. The van der Waals surface area contributed by atoms with Gasteiger partial charge in [-0.1, -0.05) is 30.3 Å². The molecule has 1 unspecified atom stereocenters. The average molecular weight is 364 g/mol. The molecular formula is C13H17B2F3O5S. The van der Waals surface area contributed by atoms with E-state index in [1.807, 2.05) is 0 Å². The molecule has 1 atom stereocenters. The molecule has 132 valence electrons. The Morgan fingerprint density at radius 2 is 1.71 bits per heavy atom. The van der Waals surface area contributed by atoms with Crippen LogP contribution in [0.3, 0.4) is 0 Å². The molecule has 0 fully saturated rings. The normalized spacial score (nSPS) is 13.5. The first-order valence-electron chi connectivity index (χ1n) is 7.24. The largest absolute Gasteiger partial charge is 0.448 e. The zero-order valence-corrected chi connectivity index (χ0v) is 14.3. The van der Waals surface area contributed by atoms with Crippen LogP contribution in [0.2, 0.25) is 0 Å². The minimum atomic E-state index is -5.12. The monoisotopic (exact) mass is 364 g/mol. The predicted molar refractivity (Wildman–Crippen MR) is 87.3 cm³/mol. The molecule has 0 aromatic heterocycles. The third kappa shape index (κ3) is 5.55. The van der Waals surface area contributed by atoms with Crippen molar-refractivity contribution in [1.29, 1.82) is 0 Å². The smallest absolute Gasteiger partial charge is 0.426 e. The van der Waals surface area contributed by atoms with Crippen molar-refractivity contribution in [3.8, 4) is 0 Å². The molecule has 24 heavy (non-hydrogen) atoms. The zero-order chi connectivity index (χ0) is 18.7. The van der Waals surface area contributed by atoms with Crippen molar-refractivity contribution in [3.05, 3.63) is 34.4 Å². The van der Waals surface area contributed by atoms with E-state index in [2.05, 4.69) is 4.74 Å². The highest BCUT2D eigenvalue weighted by atomic mass is 32.2. The Balaban J connectivity index is 3.26. The molecule has 0 heterocycles. The third-order valence-electron chi connectivity index (χ3n) is 3.39. The van der Waals surface area contributed by atoms with Crippen LogP contribution in [0.15, 0.2) is 12.1 Å². The number of carbonyl (C=O) groups excluding carboxylic acids is 1. The fraction of sp³-hybridized carbons (Fsp3) is 0.462. The van der Waals surface area contributed by atoms with E-state index in [0.29, 0.717) is 23.8 Å². The summed E-state index contributed by atoms with van der Waals surface area (Å²) < 4.78 is 73.3. The van der Waals surface area contributed by atoms with E-state index >= 15 is 0 Å². The van der Waals surface area contributed by atoms with E-state index < -0.39 is 34.1 Å². The predicted octanol–water partition coefficient (Wildman–Crippen LogP) is 0.237. The molecule has 1 aromatic carbocycles. The Hall–Kier alpha value is -1.48. The number of halogens is 3. The topological polar surface area (TPSA) is 80.7 Å². The number of rotatable bonds is 6. The second-order valence-corrected chi connectivity index (χ2v) is 6.85. The van der Waals surface area contributed by atoms with Crippen molar-refractivity contribution < 1.29 is 35.7 Å². The summed E-state index contributed by atoms with van der Waals surface area (Å²) in [7, 11) is -1.49. The fourth-order valence-electron chi connectivity index (χ4n) is 2.34. The van der Waals surface area contributed by atoms with Gasteiger partial charge in [-0.2, -0.15) is 21.6 Å². The van der Waals surface area contributed by atoms with Crippen LogP contribution in [0.4, 0.5) is 13.2 Å². The van der Waals surface area contributed by atoms with Gasteiger partial charge < -0.3 is 4.74 Å². The fourth-order valence-corrected chi connectivity index (χ4v) is 2.98. The van der Waals surface area contributed by atoms with Crippen molar-refractivity contribution >= 4 is 31.8 Å². The van der Waals surface area contributed by atoms with Crippen LogP contribution in [0.25, 0.3) is 0 Å². The second-order valence-electron chi connectivity index (χ2n) is 5.35. The molecule has 0 spiro atoms. The highest BCUT2D eigenvalue weighted by molar-refractivity contribution is 7.85. The summed E-state index contributed by atoms with van der Waals surface area (Å²) in [6.07, 6.45) is -7.26. The number of benzene rings is 1. The molecule has 1 N–H and O–H groups in total. The van der Waals surface area contributed by atoms with Crippen LogP contribution in [0.5, 0.6) is 0 Å². The Morgan fingerprint density at radius 3 is 2.04 bits per heavy atom. The highest BCUT2D eigenvalue weighted by Gasteiger charge is 2.45. The van der Waals surface area contributed by atoms with Gasteiger partial charge in [-0.3, -0.25) is 4.55 Å². The second kappa shape index (κ2) is 7.60. The van der Waals surface area contributed by atoms with E-state index in [0.717, 1.165) is 5.56 Å². The minimum Gasteiger partial charge on any atom is -0.448 e. The summed E-state index contributed by atoms with van der Waals surface area (Å²) in [5.74, 6) is -2.99. The van der Waals surface area contributed by atoms with E-state index in [-0.39, 0.29) is 5.56 Å². The zero-order valence-electron chi connectivity index (χ0n) is 13.5. The maximum absolute atomic E-state index is 12.9. The number of esters is 1. The molecule has 0 bridgehead atoms. The third-order valence-corrected chi connectivity index (χ3v) is 4.11. The quantitative estimate of drug-likeness (QED) is 0.445. The lowest BCUT2D eigenvalue weighted by molar-refractivity contribution is -0.197. The SMILES string of the molecule is BCc1cc(C)cc(CB)c1C(=O)OC(CS(=O)(=O)O)C(F)(F)F. The number of alkyl halides is 3. The molecule has 0 aliphatic carbocycles. The van der Waals surface area contributed by atoms with Gasteiger partial charge in [0.25, 0.3) is 10.1 Å². The van der Waals surface area contributed by atoms with Gasteiger partial charge in [0, 0.05) is 0 Å². The molecule has 0 aliphatic heterocycles. The number of aryl methyl sites for hydroxylation is 1. The van der Waals surface area contributed by atoms with Crippen LogP contribution in [0.1, 0.15) is 27.0 Å². The van der Waals surface area contributed by atoms with Crippen LogP contribution in [0, 0.1) is 6.92 Å². The maximum atomic E-state index is 12.9. The van der Waals surface area contributed by atoms with Gasteiger partial charge in [0.15, 0.2) is 0 Å². The first-order valence-corrected chi connectivity index (χ1v) is 8.85. The van der Waals surface area contributed by atoms with Crippen LogP contribution >= 0.6 is 0 Å².